The number of rotatable bonds is 4. The first-order valence-corrected chi connectivity index (χ1v) is 10.3. The average molecular weight is 366 g/mol. The predicted molar refractivity (Wildman–Crippen MR) is 91.8 cm³/mol. The maximum absolute atomic E-state index is 12.4. The molecule has 128 valence electrons. The SMILES string of the molecule is CS(=O)(=O)c1ccc(NC(=O)NC2(c3nccs3)CCCC2)cn1. The van der Waals surface area contributed by atoms with Crippen molar-refractivity contribution < 1.29 is 13.2 Å². The van der Waals surface area contributed by atoms with Crippen molar-refractivity contribution in [3.63, 3.8) is 0 Å². The Morgan fingerprint density at radius 1 is 1.25 bits per heavy atom. The van der Waals surface area contributed by atoms with Crippen LogP contribution in [0.3, 0.4) is 0 Å². The van der Waals surface area contributed by atoms with E-state index in [2.05, 4.69) is 20.6 Å². The van der Waals surface area contributed by atoms with E-state index in [0.717, 1.165) is 36.9 Å². The summed E-state index contributed by atoms with van der Waals surface area (Å²) in [6, 6.07) is 2.55. The van der Waals surface area contributed by atoms with Gasteiger partial charge in [-0.05, 0) is 25.0 Å². The number of thiazole rings is 1. The number of aromatic nitrogens is 2. The molecule has 24 heavy (non-hydrogen) atoms. The summed E-state index contributed by atoms with van der Waals surface area (Å²) in [6.07, 6.45) is 7.98. The molecule has 2 N–H and O–H groups in total. The molecule has 3 rings (SSSR count). The zero-order valence-electron chi connectivity index (χ0n) is 13.2. The minimum Gasteiger partial charge on any atom is -0.326 e. The molecule has 2 aromatic heterocycles. The lowest BCUT2D eigenvalue weighted by atomic mass is 9.99. The number of carbonyl (C=O) groups is 1. The highest BCUT2D eigenvalue weighted by atomic mass is 32.2. The van der Waals surface area contributed by atoms with Gasteiger partial charge in [0.05, 0.1) is 17.4 Å². The number of pyridine rings is 1. The van der Waals surface area contributed by atoms with Crippen LogP contribution in [0.1, 0.15) is 30.7 Å². The van der Waals surface area contributed by atoms with Gasteiger partial charge in [-0.2, -0.15) is 0 Å². The topological polar surface area (TPSA) is 101 Å². The number of hydrogen-bond donors (Lipinski definition) is 2. The van der Waals surface area contributed by atoms with E-state index in [1.54, 1.807) is 6.20 Å². The van der Waals surface area contributed by atoms with Gasteiger partial charge in [-0.25, -0.2) is 23.2 Å². The van der Waals surface area contributed by atoms with Crippen LogP contribution in [0.4, 0.5) is 10.5 Å². The highest BCUT2D eigenvalue weighted by Gasteiger charge is 2.39. The van der Waals surface area contributed by atoms with E-state index < -0.39 is 15.4 Å². The highest BCUT2D eigenvalue weighted by Crippen LogP contribution is 2.39. The summed E-state index contributed by atoms with van der Waals surface area (Å²) in [4.78, 5) is 20.6. The molecule has 2 heterocycles. The number of sulfone groups is 1. The molecule has 0 saturated heterocycles. The molecule has 1 aliphatic rings. The number of urea groups is 1. The van der Waals surface area contributed by atoms with Gasteiger partial charge in [0.15, 0.2) is 14.9 Å². The van der Waals surface area contributed by atoms with Crippen LogP contribution >= 0.6 is 11.3 Å². The molecule has 0 spiro atoms. The molecule has 0 unspecified atom stereocenters. The van der Waals surface area contributed by atoms with Crippen molar-refractivity contribution in [2.24, 2.45) is 0 Å². The van der Waals surface area contributed by atoms with Crippen molar-refractivity contribution in [1.29, 1.82) is 0 Å². The maximum Gasteiger partial charge on any atom is 0.320 e. The lowest BCUT2D eigenvalue weighted by molar-refractivity contribution is 0.236. The summed E-state index contributed by atoms with van der Waals surface area (Å²) in [5, 5.41) is 8.54. The van der Waals surface area contributed by atoms with Gasteiger partial charge >= 0.3 is 6.03 Å². The third-order valence-electron chi connectivity index (χ3n) is 4.03. The molecule has 0 bridgehead atoms. The number of amides is 2. The predicted octanol–water partition coefficient (Wildman–Crippen LogP) is 2.53. The second-order valence-corrected chi connectivity index (χ2v) is 8.72. The maximum atomic E-state index is 12.4. The molecule has 0 atom stereocenters. The standard InChI is InChI=1S/C15H18N4O3S2/c1-24(21,22)12-5-4-11(10-17-12)18-14(20)19-15(6-2-3-7-15)13-16-8-9-23-13/h4-5,8-10H,2-3,6-7H2,1H3,(H2,18,19,20). The van der Waals surface area contributed by atoms with Crippen LogP contribution < -0.4 is 10.6 Å². The molecule has 0 aromatic carbocycles. The number of anilines is 1. The van der Waals surface area contributed by atoms with Crippen LogP contribution in [0.15, 0.2) is 34.9 Å². The molecular weight excluding hydrogens is 348 g/mol. The minimum atomic E-state index is -3.35. The third kappa shape index (κ3) is 3.57. The van der Waals surface area contributed by atoms with E-state index in [0.29, 0.717) is 5.69 Å². The third-order valence-corrected chi connectivity index (χ3v) is 6.00. The van der Waals surface area contributed by atoms with Crippen LogP contribution in [0, 0.1) is 0 Å². The molecular formula is C15H18N4O3S2. The summed E-state index contributed by atoms with van der Waals surface area (Å²) in [7, 11) is -3.35. The first-order chi connectivity index (χ1) is 11.4. The Bertz CT molecular complexity index is 811. The van der Waals surface area contributed by atoms with Crippen LogP contribution in [0.25, 0.3) is 0 Å². The van der Waals surface area contributed by atoms with Crippen molar-refractivity contribution in [3.8, 4) is 0 Å². The van der Waals surface area contributed by atoms with E-state index in [4.69, 9.17) is 0 Å². The molecule has 0 aliphatic heterocycles. The minimum absolute atomic E-state index is 0.0245. The lowest BCUT2D eigenvalue weighted by Gasteiger charge is -2.28. The summed E-state index contributed by atoms with van der Waals surface area (Å²) < 4.78 is 22.8. The number of nitrogens with one attached hydrogen (secondary N) is 2. The largest absolute Gasteiger partial charge is 0.326 e. The zero-order chi connectivity index (χ0) is 17.2. The van der Waals surface area contributed by atoms with E-state index >= 15 is 0 Å². The van der Waals surface area contributed by atoms with Gasteiger partial charge in [0.1, 0.15) is 5.01 Å². The average Bonchev–Trinajstić information content (AvgIpc) is 3.18. The number of nitrogens with zero attached hydrogens (tertiary/aromatic N) is 2. The highest BCUT2D eigenvalue weighted by molar-refractivity contribution is 7.90. The Hall–Kier alpha value is -2.00. The smallest absolute Gasteiger partial charge is 0.320 e. The van der Waals surface area contributed by atoms with E-state index in [9.17, 15) is 13.2 Å². The van der Waals surface area contributed by atoms with Crippen molar-refractivity contribution in [2.75, 3.05) is 11.6 Å². The quantitative estimate of drug-likeness (QED) is 0.866. The fraction of sp³-hybridized carbons (Fsp3) is 0.400. The molecule has 1 aliphatic carbocycles. The van der Waals surface area contributed by atoms with Crippen LogP contribution in [0.2, 0.25) is 0 Å². The van der Waals surface area contributed by atoms with E-state index in [1.165, 1.54) is 29.7 Å². The normalized spacial score (nSPS) is 16.7. The summed E-state index contributed by atoms with van der Waals surface area (Å²) in [5.41, 5.74) is 0.0189. The number of hydrogen-bond acceptors (Lipinski definition) is 6. The Balaban J connectivity index is 1.71. The van der Waals surface area contributed by atoms with Gasteiger partial charge in [-0.15, -0.1) is 11.3 Å². The van der Waals surface area contributed by atoms with E-state index in [1.807, 2.05) is 5.38 Å². The molecule has 9 heteroatoms. The van der Waals surface area contributed by atoms with Gasteiger partial charge < -0.3 is 10.6 Å². The van der Waals surface area contributed by atoms with E-state index in [-0.39, 0.29) is 11.1 Å². The van der Waals surface area contributed by atoms with Crippen molar-refractivity contribution in [3.05, 3.63) is 34.9 Å². The van der Waals surface area contributed by atoms with Crippen molar-refractivity contribution >= 4 is 32.9 Å². The second kappa shape index (κ2) is 6.48. The summed E-state index contributed by atoms with van der Waals surface area (Å²) in [6.45, 7) is 0. The van der Waals surface area contributed by atoms with Gasteiger partial charge in [-0.3, -0.25) is 0 Å². The molecule has 2 amide bonds. The monoisotopic (exact) mass is 366 g/mol. The van der Waals surface area contributed by atoms with Gasteiger partial charge in [0, 0.05) is 17.8 Å². The van der Waals surface area contributed by atoms with Gasteiger partial charge in [0.2, 0.25) is 0 Å². The Morgan fingerprint density at radius 2 is 2.00 bits per heavy atom. The van der Waals surface area contributed by atoms with Crippen molar-refractivity contribution in [1.82, 2.24) is 15.3 Å². The van der Waals surface area contributed by atoms with Gasteiger partial charge in [0.25, 0.3) is 0 Å². The summed E-state index contributed by atoms with van der Waals surface area (Å²) in [5.74, 6) is 0. The Labute approximate surface area is 144 Å². The van der Waals surface area contributed by atoms with Crippen LogP contribution in [-0.4, -0.2) is 30.7 Å². The first kappa shape index (κ1) is 16.8. The molecule has 2 aromatic rings. The second-order valence-electron chi connectivity index (χ2n) is 5.86. The first-order valence-electron chi connectivity index (χ1n) is 7.54. The van der Waals surface area contributed by atoms with Crippen LogP contribution in [-0.2, 0) is 15.4 Å². The Kier molecular flexibility index (Phi) is 4.55. The molecule has 0 radical (unpaired) electrons. The fourth-order valence-electron chi connectivity index (χ4n) is 2.88. The van der Waals surface area contributed by atoms with Gasteiger partial charge in [-0.1, -0.05) is 12.8 Å². The molecule has 7 nitrogen and oxygen atoms in total. The molecule has 1 fully saturated rings. The van der Waals surface area contributed by atoms with Crippen LogP contribution in [0.5, 0.6) is 0 Å². The molecule has 1 saturated carbocycles. The zero-order valence-corrected chi connectivity index (χ0v) is 14.8. The summed E-state index contributed by atoms with van der Waals surface area (Å²) >= 11 is 1.54. The fourth-order valence-corrected chi connectivity index (χ4v) is 4.30. The van der Waals surface area contributed by atoms with Crippen molar-refractivity contribution in [2.45, 2.75) is 36.2 Å². The number of carbonyl (C=O) groups excluding carboxylic acids is 1. The Morgan fingerprint density at radius 3 is 2.54 bits per heavy atom. The lowest BCUT2D eigenvalue weighted by Crippen LogP contribution is -2.45.